The molecule has 0 amide bonds. The van der Waals surface area contributed by atoms with E-state index in [0.717, 1.165) is 0 Å². The van der Waals surface area contributed by atoms with Crippen molar-refractivity contribution in [3.05, 3.63) is 16.9 Å². The van der Waals surface area contributed by atoms with E-state index >= 15 is 0 Å². The summed E-state index contributed by atoms with van der Waals surface area (Å²) in [6.07, 6.45) is 1.65. The normalized spacial score (nSPS) is 10.5. The first kappa shape index (κ1) is 13.5. The molecule has 7 nitrogen and oxygen atoms in total. The molecule has 0 saturated heterocycles. The summed E-state index contributed by atoms with van der Waals surface area (Å²) in [6, 6.07) is 0.257. The molecule has 0 aliphatic heterocycles. The smallest absolute Gasteiger partial charge is 0.323 e. The van der Waals surface area contributed by atoms with E-state index in [0.29, 0.717) is 35.8 Å². The van der Waals surface area contributed by atoms with E-state index in [9.17, 15) is 0 Å². The first-order valence-corrected chi connectivity index (χ1v) is 6.36. The molecular weight excluding hydrogens is 268 g/mol. The van der Waals surface area contributed by atoms with Gasteiger partial charge < -0.3 is 10.1 Å². The van der Waals surface area contributed by atoms with Crippen LogP contribution in [0.15, 0.2) is 6.20 Å². The number of aryl methyl sites for hydroxylation is 1. The number of halogens is 1. The van der Waals surface area contributed by atoms with Crippen LogP contribution in [0.25, 0.3) is 5.95 Å². The third-order valence-corrected chi connectivity index (χ3v) is 2.63. The van der Waals surface area contributed by atoms with Crippen LogP contribution in [0.1, 0.15) is 19.5 Å². The third-order valence-electron chi connectivity index (χ3n) is 2.26. The Morgan fingerprint density at radius 3 is 2.68 bits per heavy atom. The minimum Gasteiger partial charge on any atom is -0.464 e. The largest absolute Gasteiger partial charge is 0.464 e. The molecular formula is C11H15ClN6O. The Hall–Kier alpha value is -1.89. The average Bonchev–Trinajstić information content (AvgIpc) is 2.70. The van der Waals surface area contributed by atoms with E-state index in [2.05, 4.69) is 25.4 Å². The van der Waals surface area contributed by atoms with Crippen LogP contribution in [-0.2, 0) is 0 Å². The molecule has 0 bridgehead atoms. The van der Waals surface area contributed by atoms with Crippen LogP contribution in [0, 0.1) is 6.92 Å². The highest BCUT2D eigenvalue weighted by Gasteiger charge is 2.11. The molecule has 0 saturated carbocycles. The molecule has 0 aromatic carbocycles. The zero-order valence-corrected chi connectivity index (χ0v) is 11.8. The number of anilines is 1. The van der Waals surface area contributed by atoms with Gasteiger partial charge in [0.05, 0.1) is 23.5 Å². The Kier molecular flexibility index (Phi) is 4.16. The summed E-state index contributed by atoms with van der Waals surface area (Å²) in [5, 5.41) is 7.81. The van der Waals surface area contributed by atoms with E-state index in [1.54, 1.807) is 6.20 Å². The quantitative estimate of drug-likeness (QED) is 0.902. The second kappa shape index (κ2) is 5.83. The standard InChI is InChI=1S/C11H15ClN6O/c1-4-13-9-14-10(16-11(15-9)19-5-2)18-6-8(12)7(3)17-18/h6H,4-5H2,1-3H3,(H,13,14,15,16). The number of aromatic nitrogens is 5. The summed E-state index contributed by atoms with van der Waals surface area (Å²) in [6.45, 7) is 6.82. The number of nitrogens with zero attached hydrogens (tertiary/aromatic N) is 5. The maximum absolute atomic E-state index is 5.98. The highest BCUT2D eigenvalue weighted by molar-refractivity contribution is 6.31. The molecule has 2 heterocycles. The fraction of sp³-hybridized carbons (Fsp3) is 0.455. The van der Waals surface area contributed by atoms with Crippen LogP contribution in [-0.4, -0.2) is 37.9 Å². The Balaban J connectivity index is 2.42. The summed E-state index contributed by atoms with van der Waals surface area (Å²) in [7, 11) is 0. The fourth-order valence-electron chi connectivity index (χ4n) is 1.42. The van der Waals surface area contributed by atoms with Gasteiger partial charge in [-0.25, -0.2) is 4.68 Å². The summed E-state index contributed by atoms with van der Waals surface area (Å²) < 4.78 is 6.82. The van der Waals surface area contributed by atoms with Crippen LogP contribution in [0.3, 0.4) is 0 Å². The molecule has 0 aliphatic rings. The van der Waals surface area contributed by atoms with Crippen LogP contribution in [0.2, 0.25) is 5.02 Å². The Morgan fingerprint density at radius 2 is 2.11 bits per heavy atom. The second-order valence-electron chi connectivity index (χ2n) is 3.71. The third kappa shape index (κ3) is 3.11. The molecule has 8 heteroatoms. The number of ether oxygens (including phenoxy) is 1. The lowest BCUT2D eigenvalue weighted by molar-refractivity contribution is 0.311. The van der Waals surface area contributed by atoms with Gasteiger partial charge in [0.25, 0.3) is 5.95 Å². The number of hydrogen-bond acceptors (Lipinski definition) is 6. The van der Waals surface area contributed by atoms with Gasteiger partial charge in [0.1, 0.15) is 0 Å². The summed E-state index contributed by atoms with van der Waals surface area (Å²) in [5.74, 6) is 0.810. The molecule has 0 atom stereocenters. The number of hydrogen-bond donors (Lipinski definition) is 1. The van der Waals surface area contributed by atoms with Crippen molar-refractivity contribution in [2.45, 2.75) is 20.8 Å². The molecule has 2 aromatic heterocycles. The predicted octanol–water partition coefficient (Wildman–Crippen LogP) is 1.85. The van der Waals surface area contributed by atoms with Crippen molar-refractivity contribution in [1.29, 1.82) is 0 Å². The van der Waals surface area contributed by atoms with Crippen LogP contribution in [0.5, 0.6) is 6.01 Å². The first-order valence-electron chi connectivity index (χ1n) is 5.99. The molecule has 0 unspecified atom stereocenters. The molecule has 0 aliphatic carbocycles. The molecule has 2 aromatic rings. The van der Waals surface area contributed by atoms with Crippen LogP contribution < -0.4 is 10.1 Å². The fourth-order valence-corrected chi connectivity index (χ4v) is 1.55. The van der Waals surface area contributed by atoms with Crippen molar-refractivity contribution in [3.8, 4) is 12.0 Å². The van der Waals surface area contributed by atoms with Gasteiger partial charge in [-0.05, 0) is 20.8 Å². The van der Waals surface area contributed by atoms with E-state index in [1.165, 1.54) is 4.68 Å². The SMILES string of the molecule is CCNc1nc(OCC)nc(-n2cc(Cl)c(C)n2)n1. The minimum absolute atomic E-state index is 0.257. The Labute approximate surface area is 116 Å². The van der Waals surface area contributed by atoms with Crippen LogP contribution in [0.4, 0.5) is 5.95 Å². The topological polar surface area (TPSA) is 77.8 Å². The van der Waals surface area contributed by atoms with Crippen molar-refractivity contribution >= 4 is 17.5 Å². The molecule has 19 heavy (non-hydrogen) atoms. The van der Waals surface area contributed by atoms with Gasteiger partial charge in [0.15, 0.2) is 0 Å². The summed E-state index contributed by atoms with van der Waals surface area (Å²) >= 11 is 5.98. The van der Waals surface area contributed by atoms with Crippen molar-refractivity contribution in [3.63, 3.8) is 0 Å². The maximum Gasteiger partial charge on any atom is 0.323 e. The van der Waals surface area contributed by atoms with Gasteiger partial charge in [0, 0.05) is 6.54 Å². The summed E-state index contributed by atoms with van der Waals surface area (Å²) in [5.41, 5.74) is 0.713. The second-order valence-corrected chi connectivity index (χ2v) is 4.12. The zero-order valence-electron chi connectivity index (χ0n) is 11.0. The Morgan fingerprint density at radius 1 is 1.32 bits per heavy atom. The monoisotopic (exact) mass is 282 g/mol. The number of nitrogens with one attached hydrogen (secondary N) is 1. The van der Waals surface area contributed by atoms with Crippen molar-refractivity contribution < 1.29 is 4.74 Å². The van der Waals surface area contributed by atoms with Gasteiger partial charge in [0.2, 0.25) is 5.95 Å². The zero-order chi connectivity index (χ0) is 13.8. The van der Waals surface area contributed by atoms with E-state index in [-0.39, 0.29) is 6.01 Å². The first-order chi connectivity index (χ1) is 9.13. The lowest BCUT2D eigenvalue weighted by Gasteiger charge is -2.07. The molecule has 1 N–H and O–H groups in total. The van der Waals surface area contributed by atoms with Gasteiger partial charge >= 0.3 is 6.01 Å². The van der Waals surface area contributed by atoms with E-state index in [1.807, 2.05) is 20.8 Å². The van der Waals surface area contributed by atoms with E-state index < -0.39 is 0 Å². The van der Waals surface area contributed by atoms with Gasteiger partial charge in [-0.3, -0.25) is 0 Å². The average molecular weight is 283 g/mol. The molecule has 0 radical (unpaired) electrons. The highest BCUT2D eigenvalue weighted by atomic mass is 35.5. The van der Waals surface area contributed by atoms with Gasteiger partial charge in [-0.15, -0.1) is 0 Å². The minimum atomic E-state index is 0.257. The molecule has 0 spiro atoms. The van der Waals surface area contributed by atoms with Crippen LogP contribution >= 0.6 is 11.6 Å². The van der Waals surface area contributed by atoms with Crippen molar-refractivity contribution in [2.24, 2.45) is 0 Å². The molecule has 0 fully saturated rings. The summed E-state index contributed by atoms with van der Waals surface area (Å²) in [4.78, 5) is 12.6. The highest BCUT2D eigenvalue weighted by Crippen LogP contribution is 2.16. The lowest BCUT2D eigenvalue weighted by atomic mass is 10.5. The maximum atomic E-state index is 5.98. The van der Waals surface area contributed by atoms with E-state index in [4.69, 9.17) is 16.3 Å². The Bertz CT molecular complexity index is 527. The molecule has 102 valence electrons. The van der Waals surface area contributed by atoms with Crippen molar-refractivity contribution in [2.75, 3.05) is 18.5 Å². The van der Waals surface area contributed by atoms with Gasteiger partial charge in [-0.1, -0.05) is 11.6 Å². The predicted molar refractivity (Wildman–Crippen MR) is 72.0 cm³/mol. The lowest BCUT2D eigenvalue weighted by Crippen LogP contribution is -2.11. The van der Waals surface area contributed by atoms with Crippen molar-refractivity contribution in [1.82, 2.24) is 24.7 Å². The number of rotatable bonds is 5. The molecule has 2 rings (SSSR count). The van der Waals surface area contributed by atoms with Gasteiger partial charge in [-0.2, -0.15) is 20.1 Å².